The molecule has 1 unspecified atom stereocenters. The fourth-order valence-electron chi connectivity index (χ4n) is 2.01. The highest BCUT2D eigenvalue weighted by atomic mass is 79.9. The third-order valence-corrected chi connectivity index (χ3v) is 3.80. The Morgan fingerprint density at radius 1 is 1.20 bits per heavy atom. The molecule has 1 atom stereocenters. The van der Waals surface area contributed by atoms with Crippen LogP contribution in [0.5, 0.6) is 11.5 Å². The third-order valence-electron chi connectivity index (χ3n) is 2.98. The Morgan fingerprint density at radius 3 is 2.60 bits per heavy atom. The molecular formula is C16H17BrClNO. The van der Waals surface area contributed by atoms with Crippen molar-refractivity contribution < 1.29 is 4.74 Å². The standard InChI is InChI=1S/C16H17BrClNO/c1-3-19-11(2)15-8-7-14(10-16(15)18)20-13-6-4-5-12(17)9-13/h4-11,19H,3H2,1-2H3. The van der Waals surface area contributed by atoms with E-state index in [-0.39, 0.29) is 6.04 Å². The Bertz CT molecular complexity index is 588. The molecule has 0 aliphatic heterocycles. The van der Waals surface area contributed by atoms with Crippen LogP contribution < -0.4 is 10.1 Å². The molecule has 0 bridgehead atoms. The fraction of sp³-hybridized carbons (Fsp3) is 0.250. The molecule has 0 saturated carbocycles. The maximum Gasteiger partial charge on any atom is 0.128 e. The number of hydrogen-bond acceptors (Lipinski definition) is 2. The summed E-state index contributed by atoms with van der Waals surface area (Å²) in [6.07, 6.45) is 0. The Kier molecular flexibility index (Phi) is 5.46. The molecule has 0 aliphatic rings. The van der Waals surface area contributed by atoms with Crippen LogP contribution in [-0.2, 0) is 0 Å². The molecule has 2 aromatic rings. The maximum atomic E-state index is 6.33. The number of hydrogen-bond donors (Lipinski definition) is 1. The number of ether oxygens (including phenoxy) is 1. The van der Waals surface area contributed by atoms with E-state index in [1.54, 1.807) is 0 Å². The van der Waals surface area contributed by atoms with Crippen LogP contribution in [0.2, 0.25) is 5.02 Å². The SMILES string of the molecule is CCNC(C)c1ccc(Oc2cccc(Br)c2)cc1Cl. The summed E-state index contributed by atoms with van der Waals surface area (Å²) in [6, 6.07) is 13.7. The molecule has 106 valence electrons. The minimum absolute atomic E-state index is 0.229. The minimum Gasteiger partial charge on any atom is -0.457 e. The van der Waals surface area contributed by atoms with Crippen LogP contribution in [-0.4, -0.2) is 6.54 Å². The van der Waals surface area contributed by atoms with Crippen molar-refractivity contribution in [1.29, 1.82) is 0 Å². The predicted molar refractivity (Wildman–Crippen MR) is 87.8 cm³/mol. The summed E-state index contributed by atoms with van der Waals surface area (Å²) < 4.78 is 6.78. The second-order valence-electron chi connectivity index (χ2n) is 4.52. The van der Waals surface area contributed by atoms with E-state index in [0.717, 1.165) is 28.1 Å². The first-order chi connectivity index (χ1) is 9.60. The van der Waals surface area contributed by atoms with Crippen molar-refractivity contribution in [2.24, 2.45) is 0 Å². The average molecular weight is 355 g/mol. The average Bonchev–Trinajstić information content (AvgIpc) is 2.39. The van der Waals surface area contributed by atoms with E-state index in [4.69, 9.17) is 16.3 Å². The van der Waals surface area contributed by atoms with Crippen LogP contribution in [0, 0.1) is 0 Å². The predicted octanol–water partition coefficient (Wildman–Crippen LogP) is 5.57. The van der Waals surface area contributed by atoms with Crippen molar-refractivity contribution in [3.8, 4) is 11.5 Å². The zero-order chi connectivity index (χ0) is 14.5. The normalized spacial score (nSPS) is 12.2. The zero-order valence-electron chi connectivity index (χ0n) is 11.5. The lowest BCUT2D eigenvalue weighted by molar-refractivity contribution is 0.481. The maximum absolute atomic E-state index is 6.33. The molecule has 2 aromatic carbocycles. The van der Waals surface area contributed by atoms with Gasteiger partial charge in [-0.2, -0.15) is 0 Å². The Labute approximate surface area is 133 Å². The molecule has 2 rings (SSSR count). The minimum atomic E-state index is 0.229. The van der Waals surface area contributed by atoms with Gasteiger partial charge in [0.2, 0.25) is 0 Å². The van der Waals surface area contributed by atoms with Gasteiger partial charge < -0.3 is 10.1 Å². The van der Waals surface area contributed by atoms with Crippen molar-refractivity contribution in [1.82, 2.24) is 5.32 Å². The number of benzene rings is 2. The summed E-state index contributed by atoms with van der Waals surface area (Å²) in [6.45, 7) is 5.09. The smallest absolute Gasteiger partial charge is 0.128 e. The summed E-state index contributed by atoms with van der Waals surface area (Å²) in [5.74, 6) is 1.52. The number of halogens is 2. The van der Waals surface area contributed by atoms with Gasteiger partial charge in [-0.15, -0.1) is 0 Å². The van der Waals surface area contributed by atoms with Crippen LogP contribution in [0.1, 0.15) is 25.5 Å². The van der Waals surface area contributed by atoms with Crippen molar-refractivity contribution in [2.45, 2.75) is 19.9 Å². The highest BCUT2D eigenvalue weighted by Crippen LogP contribution is 2.30. The molecular weight excluding hydrogens is 338 g/mol. The lowest BCUT2D eigenvalue weighted by Gasteiger charge is -2.15. The molecule has 0 fully saturated rings. The summed E-state index contributed by atoms with van der Waals surface area (Å²) >= 11 is 9.75. The third kappa shape index (κ3) is 3.98. The zero-order valence-corrected chi connectivity index (χ0v) is 13.8. The molecule has 0 radical (unpaired) electrons. The van der Waals surface area contributed by atoms with Crippen molar-refractivity contribution in [2.75, 3.05) is 6.54 Å². The Balaban J connectivity index is 2.17. The Hall–Kier alpha value is -1.03. The van der Waals surface area contributed by atoms with Gasteiger partial charge in [0, 0.05) is 15.5 Å². The summed E-state index contributed by atoms with van der Waals surface area (Å²) in [4.78, 5) is 0. The molecule has 20 heavy (non-hydrogen) atoms. The van der Waals surface area contributed by atoms with E-state index >= 15 is 0 Å². The van der Waals surface area contributed by atoms with E-state index in [9.17, 15) is 0 Å². The second-order valence-corrected chi connectivity index (χ2v) is 5.84. The van der Waals surface area contributed by atoms with Crippen molar-refractivity contribution in [3.63, 3.8) is 0 Å². The molecule has 0 spiro atoms. The topological polar surface area (TPSA) is 21.3 Å². The second kappa shape index (κ2) is 7.11. The van der Waals surface area contributed by atoms with Gasteiger partial charge in [0.25, 0.3) is 0 Å². The first-order valence-corrected chi connectivity index (χ1v) is 7.73. The number of nitrogens with one attached hydrogen (secondary N) is 1. The highest BCUT2D eigenvalue weighted by molar-refractivity contribution is 9.10. The first-order valence-electron chi connectivity index (χ1n) is 6.56. The van der Waals surface area contributed by atoms with Crippen molar-refractivity contribution >= 4 is 27.5 Å². The summed E-state index contributed by atoms with van der Waals surface area (Å²) in [7, 11) is 0. The van der Waals surface area contributed by atoms with Gasteiger partial charge in [-0.25, -0.2) is 0 Å². The van der Waals surface area contributed by atoms with Gasteiger partial charge in [0.15, 0.2) is 0 Å². The molecule has 0 aromatic heterocycles. The largest absolute Gasteiger partial charge is 0.457 e. The van der Waals surface area contributed by atoms with Crippen molar-refractivity contribution in [3.05, 3.63) is 57.5 Å². The van der Waals surface area contributed by atoms with Gasteiger partial charge >= 0.3 is 0 Å². The molecule has 1 N–H and O–H groups in total. The van der Waals surface area contributed by atoms with Crippen LogP contribution in [0.3, 0.4) is 0 Å². The Morgan fingerprint density at radius 2 is 1.95 bits per heavy atom. The van der Waals surface area contributed by atoms with Gasteiger partial charge in [-0.1, -0.05) is 46.6 Å². The summed E-state index contributed by atoms with van der Waals surface area (Å²) in [5, 5.41) is 4.06. The van der Waals surface area contributed by atoms with Crippen LogP contribution in [0.4, 0.5) is 0 Å². The van der Waals surface area contributed by atoms with Crippen LogP contribution >= 0.6 is 27.5 Å². The molecule has 0 amide bonds. The first kappa shape index (κ1) is 15.4. The van der Waals surface area contributed by atoms with E-state index in [2.05, 4.69) is 35.1 Å². The van der Waals surface area contributed by atoms with E-state index in [1.165, 1.54) is 0 Å². The van der Waals surface area contributed by atoms with Gasteiger partial charge in [-0.3, -0.25) is 0 Å². The number of rotatable bonds is 5. The van der Waals surface area contributed by atoms with E-state index in [0.29, 0.717) is 5.02 Å². The molecule has 0 heterocycles. The lowest BCUT2D eigenvalue weighted by Crippen LogP contribution is -2.17. The fourth-order valence-corrected chi connectivity index (χ4v) is 2.72. The van der Waals surface area contributed by atoms with Gasteiger partial charge in [-0.05, 0) is 49.4 Å². The van der Waals surface area contributed by atoms with Crippen LogP contribution in [0.25, 0.3) is 0 Å². The molecule has 4 heteroatoms. The monoisotopic (exact) mass is 353 g/mol. The summed E-state index contributed by atoms with van der Waals surface area (Å²) in [5.41, 5.74) is 1.08. The molecule has 2 nitrogen and oxygen atoms in total. The quantitative estimate of drug-likeness (QED) is 0.758. The van der Waals surface area contributed by atoms with Gasteiger partial charge in [0.05, 0.1) is 0 Å². The molecule has 0 saturated heterocycles. The highest BCUT2D eigenvalue weighted by Gasteiger charge is 2.09. The van der Waals surface area contributed by atoms with Crippen LogP contribution in [0.15, 0.2) is 46.9 Å². The van der Waals surface area contributed by atoms with Gasteiger partial charge in [0.1, 0.15) is 11.5 Å². The molecule has 0 aliphatic carbocycles. The van der Waals surface area contributed by atoms with E-state index in [1.807, 2.05) is 42.5 Å². The van der Waals surface area contributed by atoms with E-state index < -0.39 is 0 Å². The lowest BCUT2D eigenvalue weighted by atomic mass is 10.1.